The Balaban J connectivity index is 2.91. The lowest BCUT2D eigenvalue weighted by Gasteiger charge is -2.05. The number of carbonyl (C=O) groups excluding carboxylic acids is 2. The summed E-state index contributed by atoms with van der Waals surface area (Å²) in [4.78, 5) is 21.3. The van der Waals surface area contributed by atoms with Crippen molar-refractivity contribution in [2.45, 2.75) is 6.92 Å². The largest absolute Gasteiger partial charge is 0.361 e. The minimum atomic E-state index is -1.10. The maximum absolute atomic E-state index is 12.7. The maximum Gasteiger partial charge on any atom is 0.313 e. The van der Waals surface area contributed by atoms with Crippen LogP contribution in [0.15, 0.2) is 18.2 Å². The van der Waals surface area contributed by atoms with Gasteiger partial charge in [-0.25, -0.2) is 4.39 Å². The number of amides is 2. The summed E-state index contributed by atoms with van der Waals surface area (Å²) in [6, 6.07) is 3.87. The minimum absolute atomic E-state index is 0.244. The average Bonchev–Trinajstić information content (AvgIpc) is 2.11. The van der Waals surface area contributed by atoms with Gasteiger partial charge in [0.05, 0.1) is 0 Å². The van der Waals surface area contributed by atoms with Gasteiger partial charge in [-0.05, 0) is 24.6 Å². The summed E-state index contributed by atoms with van der Waals surface area (Å²) in [5.41, 5.74) is 5.63. The molecule has 0 aliphatic carbocycles. The molecular formula is C9H9FN2O2. The minimum Gasteiger partial charge on any atom is -0.361 e. The van der Waals surface area contributed by atoms with Crippen LogP contribution in [-0.4, -0.2) is 11.8 Å². The molecule has 1 aromatic rings. The molecule has 0 unspecified atom stereocenters. The van der Waals surface area contributed by atoms with Gasteiger partial charge >= 0.3 is 11.8 Å². The average molecular weight is 196 g/mol. The number of benzene rings is 1. The second-order valence-electron chi connectivity index (χ2n) is 2.78. The number of nitrogens with two attached hydrogens (primary N) is 1. The van der Waals surface area contributed by atoms with Crippen molar-refractivity contribution in [3.05, 3.63) is 29.6 Å². The van der Waals surface area contributed by atoms with Crippen molar-refractivity contribution in [2.75, 3.05) is 5.32 Å². The molecule has 0 spiro atoms. The van der Waals surface area contributed by atoms with E-state index in [4.69, 9.17) is 5.73 Å². The number of halogens is 1. The molecule has 1 rings (SSSR count). The Kier molecular flexibility index (Phi) is 2.81. The van der Waals surface area contributed by atoms with E-state index in [-0.39, 0.29) is 5.69 Å². The third kappa shape index (κ3) is 2.29. The highest BCUT2D eigenvalue weighted by Gasteiger charge is 2.10. The summed E-state index contributed by atoms with van der Waals surface area (Å²) in [5.74, 6) is -2.55. The van der Waals surface area contributed by atoms with Gasteiger partial charge in [0, 0.05) is 5.69 Å². The Labute approximate surface area is 79.9 Å². The predicted molar refractivity (Wildman–Crippen MR) is 49.0 cm³/mol. The first-order valence-corrected chi connectivity index (χ1v) is 3.87. The van der Waals surface area contributed by atoms with Crippen LogP contribution in [-0.2, 0) is 9.59 Å². The van der Waals surface area contributed by atoms with E-state index >= 15 is 0 Å². The van der Waals surface area contributed by atoms with Gasteiger partial charge in [0.2, 0.25) is 0 Å². The number of carbonyl (C=O) groups is 2. The van der Waals surface area contributed by atoms with E-state index in [1.54, 1.807) is 6.92 Å². The van der Waals surface area contributed by atoms with Crippen molar-refractivity contribution in [3.63, 3.8) is 0 Å². The lowest BCUT2D eigenvalue weighted by Crippen LogP contribution is -2.29. The van der Waals surface area contributed by atoms with Gasteiger partial charge in [-0.3, -0.25) is 9.59 Å². The van der Waals surface area contributed by atoms with Crippen molar-refractivity contribution in [1.82, 2.24) is 0 Å². The highest BCUT2D eigenvalue weighted by Crippen LogP contribution is 2.15. The molecule has 0 aliphatic heterocycles. The summed E-state index contributed by atoms with van der Waals surface area (Å²) in [6.07, 6.45) is 0. The quantitative estimate of drug-likeness (QED) is 0.644. The van der Waals surface area contributed by atoms with E-state index in [2.05, 4.69) is 5.32 Å². The van der Waals surface area contributed by atoms with Crippen molar-refractivity contribution in [3.8, 4) is 0 Å². The number of hydrogen-bond acceptors (Lipinski definition) is 2. The van der Waals surface area contributed by atoms with Crippen LogP contribution in [0.4, 0.5) is 10.1 Å². The molecule has 1 aromatic carbocycles. The molecule has 74 valence electrons. The van der Waals surface area contributed by atoms with E-state index in [0.29, 0.717) is 5.56 Å². The third-order valence-electron chi connectivity index (χ3n) is 1.67. The molecule has 0 saturated heterocycles. The topological polar surface area (TPSA) is 72.2 Å². The SMILES string of the molecule is Cc1ccc(F)cc1NC(=O)C(N)=O. The van der Waals surface area contributed by atoms with Crippen LogP contribution in [0.5, 0.6) is 0 Å². The van der Waals surface area contributed by atoms with Gasteiger partial charge in [-0.1, -0.05) is 6.07 Å². The highest BCUT2D eigenvalue weighted by atomic mass is 19.1. The van der Waals surface area contributed by atoms with Crippen molar-refractivity contribution in [2.24, 2.45) is 5.73 Å². The van der Waals surface area contributed by atoms with Gasteiger partial charge in [0.1, 0.15) is 5.82 Å². The Morgan fingerprint density at radius 3 is 2.64 bits per heavy atom. The predicted octanol–water partition coefficient (Wildman–Crippen LogP) is 0.558. The second kappa shape index (κ2) is 3.87. The first kappa shape index (κ1) is 10.2. The van der Waals surface area contributed by atoms with Crippen LogP contribution >= 0.6 is 0 Å². The van der Waals surface area contributed by atoms with E-state index in [1.807, 2.05) is 0 Å². The van der Waals surface area contributed by atoms with Crippen molar-refractivity contribution >= 4 is 17.5 Å². The van der Waals surface area contributed by atoms with Crippen LogP contribution < -0.4 is 11.1 Å². The summed E-state index contributed by atoms with van der Waals surface area (Å²) in [5, 5.41) is 2.20. The highest BCUT2D eigenvalue weighted by molar-refractivity contribution is 6.39. The van der Waals surface area contributed by atoms with E-state index < -0.39 is 17.6 Å². The van der Waals surface area contributed by atoms with Crippen LogP contribution in [0.3, 0.4) is 0 Å². The molecule has 0 bridgehead atoms. The van der Waals surface area contributed by atoms with Gasteiger partial charge in [-0.15, -0.1) is 0 Å². The number of primary amides is 1. The maximum atomic E-state index is 12.7. The van der Waals surface area contributed by atoms with Gasteiger partial charge < -0.3 is 11.1 Å². The smallest absolute Gasteiger partial charge is 0.313 e. The Morgan fingerprint density at radius 2 is 2.07 bits per heavy atom. The molecule has 0 saturated carbocycles. The molecule has 3 N–H and O–H groups in total. The normalized spacial score (nSPS) is 9.57. The van der Waals surface area contributed by atoms with Gasteiger partial charge in [-0.2, -0.15) is 0 Å². The lowest BCUT2D eigenvalue weighted by atomic mass is 10.2. The molecule has 0 heterocycles. The van der Waals surface area contributed by atoms with E-state index in [9.17, 15) is 14.0 Å². The molecule has 2 amide bonds. The van der Waals surface area contributed by atoms with E-state index in [0.717, 1.165) is 6.07 Å². The summed E-state index contributed by atoms with van der Waals surface area (Å²) in [7, 11) is 0. The first-order valence-electron chi connectivity index (χ1n) is 3.87. The number of rotatable bonds is 1. The van der Waals surface area contributed by atoms with Crippen molar-refractivity contribution < 1.29 is 14.0 Å². The summed E-state index contributed by atoms with van der Waals surface area (Å²) >= 11 is 0. The summed E-state index contributed by atoms with van der Waals surface area (Å²) < 4.78 is 12.7. The fourth-order valence-corrected chi connectivity index (χ4v) is 0.913. The van der Waals surface area contributed by atoms with Gasteiger partial charge in [0.15, 0.2) is 0 Å². The monoisotopic (exact) mass is 196 g/mol. The summed E-state index contributed by atoms with van der Waals surface area (Å²) in [6.45, 7) is 1.68. The zero-order valence-electron chi connectivity index (χ0n) is 7.50. The zero-order valence-corrected chi connectivity index (χ0v) is 7.50. The van der Waals surface area contributed by atoms with Crippen LogP contribution in [0.25, 0.3) is 0 Å². The number of nitrogens with one attached hydrogen (secondary N) is 1. The fourth-order valence-electron chi connectivity index (χ4n) is 0.913. The van der Waals surface area contributed by atoms with Crippen LogP contribution in [0.1, 0.15) is 5.56 Å². The molecule has 4 nitrogen and oxygen atoms in total. The molecule has 0 atom stereocenters. The second-order valence-corrected chi connectivity index (χ2v) is 2.78. The molecule has 14 heavy (non-hydrogen) atoms. The standard InChI is InChI=1S/C9H9FN2O2/c1-5-2-3-6(10)4-7(5)12-9(14)8(11)13/h2-4H,1H3,(H2,11,13)(H,12,14). The number of hydrogen-bond donors (Lipinski definition) is 2. The van der Waals surface area contributed by atoms with E-state index in [1.165, 1.54) is 12.1 Å². The Bertz CT molecular complexity index is 390. The van der Waals surface area contributed by atoms with Gasteiger partial charge in [0.25, 0.3) is 0 Å². The molecule has 0 aliphatic rings. The van der Waals surface area contributed by atoms with Crippen molar-refractivity contribution in [1.29, 1.82) is 0 Å². The zero-order chi connectivity index (χ0) is 10.7. The fraction of sp³-hybridized carbons (Fsp3) is 0.111. The lowest BCUT2D eigenvalue weighted by molar-refractivity contribution is -0.134. The molecule has 0 aromatic heterocycles. The molecule has 5 heteroatoms. The number of aryl methyl sites for hydroxylation is 1. The van der Waals surface area contributed by atoms with Crippen LogP contribution in [0.2, 0.25) is 0 Å². The Morgan fingerprint density at radius 1 is 1.43 bits per heavy atom. The number of anilines is 1. The molecule has 0 fully saturated rings. The molecule has 0 radical (unpaired) electrons. The Hall–Kier alpha value is -1.91. The molecular weight excluding hydrogens is 187 g/mol. The third-order valence-corrected chi connectivity index (χ3v) is 1.67. The first-order chi connectivity index (χ1) is 6.50. The van der Waals surface area contributed by atoms with Crippen LogP contribution in [0, 0.1) is 12.7 Å².